The van der Waals surface area contributed by atoms with Crippen LogP contribution in [0.15, 0.2) is 41.2 Å². The Hall–Kier alpha value is -2.47. The average Bonchev–Trinajstić information content (AvgIpc) is 3.45. The maximum absolute atomic E-state index is 13.2. The molecule has 2 aromatic rings. The third kappa shape index (κ3) is 3.50. The van der Waals surface area contributed by atoms with Gasteiger partial charge in [0.15, 0.2) is 0 Å². The first-order chi connectivity index (χ1) is 14.2. The molecule has 0 N–H and O–H groups in total. The fraction of sp³-hybridized carbons (Fsp3) is 0.522. The number of hydrogen-bond acceptors (Lipinski definition) is 4. The van der Waals surface area contributed by atoms with Crippen molar-refractivity contribution in [2.24, 2.45) is 0 Å². The monoisotopic (exact) mass is 392 g/mol. The zero-order valence-electron chi connectivity index (χ0n) is 16.8. The Kier molecular flexibility index (Phi) is 4.74. The summed E-state index contributed by atoms with van der Waals surface area (Å²) in [6, 6.07) is 12.0. The molecule has 0 radical (unpaired) electrons. The molecular weight excluding hydrogens is 364 g/mol. The normalized spacial score (nSPS) is 20.5. The molecule has 0 spiro atoms. The summed E-state index contributed by atoms with van der Waals surface area (Å²) in [6.07, 6.45) is 5.00. The van der Waals surface area contributed by atoms with Crippen LogP contribution in [0, 0.1) is 0 Å². The molecule has 1 aromatic heterocycles. The van der Waals surface area contributed by atoms with Gasteiger partial charge in [-0.25, -0.2) is 4.68 Å². The van der Waals surface area contributed by atoms with E-state index in [1.54, 1.807) is 10.7 Å². The van der Waals surface area contributed by atoms with E-state index in [-0.39, 0.29) is 11.0 Å². The number of carbonyl (C=O) groups excluding carboxylic acids is 1. The van der Waals surface area contributed by atoms with Gasteiger partial charge in [0.2, 0.25) is 5.91 Å². The van der Waals surface area contributed by atoms with Gasteiger partial charge in [0.25, 0.3) is 5.56 Å². The molecular formula is C23H28N4O2. The SMILES string of the molecule is O=C(N1CCN(CCn2nc3c(cc2=O)CCC3)CC1)C1(c2ccccc2)CC1. The van der Waals surface area contributed by atoms with Crippen LogP contribution in [-0.4, -0.2) is 58.2 Å². The van der Waals surface area contributed by atoms with E-state index in [1.807, 2.05) is 23.1 Å². The lowest BCUT2D eigenvalue weighted by molar-refractivity contribution is -0.135. The highest BCUT2D eigenvalue weighted by Gasteiger charge is 2.53. The molecule has 3 aliphatic rings. The van der Waals surface area contributed by atoms with Crippen LogP contribution in [0.5, 0.6) is 0 Å². The first-order valence-corrected chi connectivity index (χ1v) is 10.8. The molecule has 6 nitrogen and oxygen atoms in total. The van der Waals surface area contributed by atoms with Gasteiger partial charge in [-0.3, -0.25) is 14.5 Å². The number of nitrogens with zero attached hydrogens (tertiary/aromatic N) is 4. The predicted octanol–water partition coefficient (Wildman–Crippen LogP) is 1.61. The molecule has 2 heterocycles. The van der Waals surface area contributed by atoms with Gasteiger partial charge < -0.3 is 4.90 Å². The number of fused-ring (bicyclic) bond motifs is 1. The van der Waals surface area contributed by atoms with E-state index in [0.717, 1.165) is 81.6 Å². The zero-order valence-corrected chi connectivity index (χ0v) is 16.8. The maximum Gasteiger partial charge on any atom is 0.267 e. The number of hydrogen-bond donors (Lipinski definition) is 0. The van der Waals surface area contributed by atoms with Gasteiger partial charge in [-0.1, -0.05) is 30.3 Å². The lowest BCUT2D eigenvalue weighted by atomic mass is 9.94. The number of aryl methyl sites for hydroxylation is 2. The van der Waals surface area contributed by atoms with E-state index in [1.165, 1.54) is 0 Å². The Morgan fingerprint density at radius 2 is 1.76 bits per heavy atom. The summed E-state index contributed by atoms with van der Waals surface area (Å²) in [6.45, 7) is 4.66. The molecule has 2 aliphatic carbocycles. The second kappa shape index (κ2) is 7.41. The van der Waals surface area contributed by atoms with E-state index in [9.17, 15) is 9.59 Å². The summed E-state index contributed by atoms with van der Waals surface area (Å²) in [5.41, 5.74) is 3.12. The largest absolute Gasteiger partial charge is 0.339 e. The number of rotatable bonds is 5. The Morgan fingerprint density at radius 3 is 2.48 bits per heavy atom. The molecule has 0 atom stereocenters. The standard InChI is InChI=1S/C23H28N4O2/c28-21-17-18-5-4-8-20(18)24-27(21)16-13-25-11-14-26(15-12-25)22(29)23(9-10-23)19-6-2-1-3-7-19/h1-3,6-7,17H,4-5,8-16H2. The second-order valence-corrected chi connectivity index (χ2v) is 8.61. The van der Waals surface area contributed by atoms with E-state index < -0.39 is 0 Å². The summed E-state index contributed by atoms with van der Waals surface area (Å²) in [5.74, 6) is 0.292. The molecule has 0 unspecified atom stereocenters. The van der Waals surface area contributed by atoms with Crippen molar-refractivity contribution in [3.8, 4) is 0 Å². The van der Waals surface area contributed by atoms with E-state index >= 15 is 0 Å². The molecule has 1 aromatic carbocycles. The fourth-order valence-corrected chi connectivity index (χ4v) is 4.82. The number of piperazine rings is 1. The molecule has 1 aliphatic heterocycles. The van der Waals surface area contributed by atoms with Crippen LogP contribution in [0.3, 0.4) is 0 Å². The lowest BCUT2D eigenvalue weighted by Gasteiger charge is -2.36. The van der Waals surface area contributed by atoms with Crippen molar-refractivity contribution in [3.05, 3.63) is 63.6 Å². The Bertz CT molecular complexity index is 957. The second-order valence-electron chi connectivity index (χ2n) is 8.61. The quantitative estimate of drug-likeness (QED) is 0.776. The Labute approximate surface area is 171 Å². The highest BCUT2D eigenvalue weighted by Crippen LogP contribution is 2.49. The lowest BCUT2D eigenvalue weighted by Crippen LogP contribution is -2.52. The summed E-state index contributed by atoms with van der Waals surface area (Å²) in [4.78, 5) is 29.8. The molecule has 29 heavy (non-hydrogen) atoms. The Balaban J connectivity index is 1.17. The summed E-state index contributed by atoms with van der Waals surface area (Å²) >= 11 is 0. The van der Waals surface area contributed by atoms with Gasteiger partial charge in [0.1, 0.15) is 0 Å². The van der Waals surface area contributed by atoms with Gasteiger partial charge in [-0.15, -0.1) is 0 Å². The van der Waals surface area contributed by atoms with Crippen LogP contribution in [-0.2, 0) is 29.6 Å². The van der Waals surface area contributed by atoms with E-state index in [2.05, 4.69) is 22.1 Å². The van der Waals surface area contributed by atoms with Gasteiger partial charge in [-0.05, 0) is 43.2 Å². The smallest absolute Gasteiger partial charge is 0.267 e. The zero-order chi connectivity index (χ0) is 19.8. The highest BCUT2D eigenvalue weighted by atomic mass is 16.2. The first-order valence-electron chi connectivity index (χ1n) is 10.8. The van der Waals surface area contributed by atoms with Gasteiger partial charge in [0, 0.05) is 38.8 Å². The number of aromatic nitrogens is 2. The van der Waals surface area contributed by atoms with Gasteiger partial charge in [0.05, 0.1) is 17.7 Å². The molecule has 0 bridgehead atoms. The van der Waals surface area contributed by atoms with Crippen molar-refractivity contribution < 1.29 is 4.79 Å². The fourth-order valence-electron chi connectivity index (χ4n) is 4.82. The Morgan fingerprint density at radius 1 is 1.00 bits per heavy atom. The average molecular weight is 393 g/mol. The van der Waals surface area contributed by atoms with Crippen LogP contribution in [0.2, 0.25) is 0 Å². The maximum atomic E-state index is 13.2. The molecule has 1 saturated heterocycles. The predicted molar refractivity (Wildman–Crippen MR) is 111 cm³/mol. The van der Waals surface area contributed by atoms with Crippen LogP contribution < -0.4 is 5.56 Å². The third-order valence-electron chi connectivity index (χ3n) is 6.80. The van der Waals surface area contributed by atoms with Crippen molar-refractivity contribution in [3.63, 3.8) is 0 Å². The minimum atomic E-state index is -0.273. The van der Waals surface area contributed by atoms with Crippen molar-refractivity contribution >= 4 is 5.91 Å². The van der Waals surface area contributed by atoms with Crippen LogP contribution in [0.1, 0.15) is 36.1 Å². The molecule has 152 valence electrons. The van der Waals surface area contributed by atoms with Crippen LogP contribution in [0.25, 0.3) is 0 Å². The van der Waals surface area contributed by atoms with Gasteiger partial charge >= 0.3 is 0 Å². The van der Waals surface area contributed by atoms with Crippen molar-refractivity contribution in [2.75, 3.05) is 32.7 Å². The van der Waals surface area contributed by atoms with Crippen LogP contribution in [0.4, 0.5) is 0 Å². The van der Waals surface area contributed by atoms with Crippen molar-refractivity contribution in [2.45, 2.75) is 44.1 Å². The minimum Gasteiger partial charge on any atom is -0.339 e. The summed E-state index contributed by atoms with van der Waals surface area (Å²) in [5, 5.41) is 4.57. The van der Waals surface area contributed by atoms with Crippen LogP contribution >= 0.6 is 0 Å². The topological polar surface area (TPSA) is 58.4 Å². The minimum absolute atomic E-state index is 0.0120. The first kappa shape index (κ1) is 18.6. The summed E-state index contributed by atoms with van der Waals surface area (Å²) in [7, 11) is 0. The van der Waals surface area contributed by atoms with E-state index in [4.69, 9.17) is 0 Å². The van der Waals surface area contributed by atoms with Crippen molar-refractivity contribution in [1.82, 2.24) is 19.6 Å². The number of amides is 1. The number of benzene rings is 1. The summed E-state index contributed by atoms with van der Waals surface area (Å²) < 4.78 is 1.62. The molecule has 2 fully saturated rings. The highest BCUT2D eigenvalue weighted by molar-refractivity contribution is 5.91. The molecule has 1 amide bonds. The van der Waals surface area contributed by atoms with Gasteiger partial charge in [-0.2, -0.15) is 5.10 Å². The molecule has 6 heteroatoms. The van der Waals surface area contributed by atoms with E-state index in [0.29, 0.717) is 12.5 Å². The number of carbonyl (C=O) groups is 1. The van der Waals surface area contributed by atoms with Crippen molar-refractivity contribution in [1.29, 1.82) is 0 Å². The third-order valence-corrected chi connectivity index (χ3v) is 6.80. The molecule has 1 saturated carbocycles. The molecule has 5 rings (SSSR count).